The number of furan rings is 1. The van der Waals surface area contributed by atoms with Crippen LogP contribution in [-0.4, -0.2) is 25.5 Å². The molecule has 0 fully saturated rings. The zero-order chi connectivity index (χ0) is 16.2. The van der Waals surface area contributed by atoms with Gasteiger partial charge < -0.3 is 13.5 Å². The predicted octanol–water partition coefficient (Wildman–Crippen LogP) is 2.17. The Bertz CT molecular complexity index is 737. The van der Waals surface area contributed by atoms with Crippen LogP contribution in [0.4, 0.5) is 0 Å². The summed E-state index contributed by atoms with van der Waals surface area (Å²) in [4.78, 5) is 13.3. The molecule has 22 heavy (non-hydrogen) atoms. The second-order valence-corrected chi connectivity index (χ2v) is 6.46. The van der Waals surface area contributed by atoms with E-state index >= 15 is 0 Å². The minimum absolute atomic E-state index is 0.106. The lowest BCUT2D eigenvalue weighted by Gasteiger charge is -2.20. The summed E-state index contributed by atoms with van der Waals surface area (Å²) in [6.07, 6.45) is 2.53. The first-order chi connectivity index (χ1) is 10.3. The fourth-order valence-electron chi connectivity index (χ4n) is 1.96. The molecule has 1 aromatic carbocycles. The monoisotopic (exact) mass is 323 g/mol. The summed E-state index contributed by atoms with van der Waals surface area (Å²) in [5, 5.41) is 0. The number of carbonyl (C=O) groups excluding carboxylic acids is 1. The molecule has 0 N–H and O–H groups in total. The van der Waals surface area contributed by atoms with E-state index in [1.807, 2.05) is 0 Å². The molecule has 0 aliphatic carbocycles. The number of carbonyl (C=O) groups is 1. The minimum atomic E-state index is -3.58. The molecule has 1 heterocycles. The molecule has 1 amide bonds. The number of hydrogen-bond acceptors (Lipinski definition) is 5. The van der Waals surface area contributed by atoms with E-state index < -0.39 is 10.1 Å². The van der Waals surface area contributed by atoms with Crippen LogP contribution in [0, 0.1) is 0 Å². The van der Waals surface area contributed by atoms with Gasteiger partial charge in [-0.05, 0) is 29.8 Å². The lowest BCUT2D eigenvalue weighted by molar-refractivity contribution is -0.130. The zero-order valence-electron chi connectivity index (χ0n) is 12.4. The van der Waals surface area contributed by atoms with E-state index in [1.54, 1.807) is 47.6 Å². The number of nitrogens with zero attached hydrogens (tertiary/aromatic N) is 1. The molecule has 0 spiro atoms. The summed E-state index contributed by atoms with van der Waals surface area (Å²) >= 11 is 0. The van der Waals surface area contributed by atoms with Crippen LogP contribution >= 0.6 is 0 Å². The van der Waals surface area contributed by atoms with Crippen molar-refractivity contribution in [1.82, 2.24) is 4.90 Å². The molecule has 0 saturated heterocycles. The van der Waals surface area contributed by atoms with Gasteiger partial charge in [0.25, 0.3) is 0 Å². The van der Waals surface area contributed by atoms with Crippen LogP contribution in [0.2, 0.25) is 0 Å². The van der Waals surface area contributed by atoms with Crippen molar-refractivity contribution in [1.29, 1.82) is 0 Å². The van der Waals surface area contributed by atoms with Crippen LogP contribution in [0.5, 0.6) is 5.75 Å². The van der Waals surface area contributed by atoms with E-state index in [0.717, 1.165) is 11.8 Å². The molecule has 0 unspecified atom stereocenters. The molecule has 0 aliphatic heterocycles. The van der Waals surface area contributed by atoms with Gasteiger partial charge in [-0.3, -0.25) is 4.79 Å². The molecular weight excluding hydrogens is 306 g/mol. The highest BCUT2D eigenvalue weighted by atomic mass is 32.2. The maximum absolute atomic E-state index is 11.7. The average Bonchev–Trinajstić information content (AvgIpc) is 2.89. The Morgan fingerprint density at radius 3 is 2.59 bits per heavy atom. The van der Waals surface area contributed by atoms with Gasteiger partial charge in [-0.1, -0.05) is 12.1 Å². The largest absolute Gasteiger partial charge is 0.467 e. The summed E-state index contributed by atoms with van der Waals surface area (Å²) in [6, 6.07) is 10.2. The summed E-state index contributed by atoms with van der Waals surface area (Å²) in [5.74, 6) is 0.797. The Kier molecular flexibility index (Phi) is 4.87. The van der Waals surface area contributed by atoms with Crippen LogP contribution in [0.25, 0.3) is 0 Å². The molecule has 0 atom stereocenters. The van der Waals surface area contributed by atoms with Gasteiger partial charge in [0.1, 0.15) is 11.5 Å². The van der Waals surface area contributed by atoms with Crippen molar-refractivity contribution >= 4 is 16.0 Å². The van der Waals surface area contributed by atoms with E-state index in [4.69, 9.17) is 8.60 Å². The van der Waals surface area contributed by atoms with E-state index in [0.29, 0.717) is 18.8 Å². The SMILES string of the molecule is CC(=O)N(Cc1cccc(OS(C)(=O)=O)c1)Cc1ccco1. The standard InChI is InChI=1S/C15H17NO5S/c1-12(17)16(11-15-7-4-8-20-15)10-13-5-3-6-14(9-13)21-22(2,18)19/h3-9H,10-11H2,1-2H3. The van der Waals surface area contributed by atoms with Crippen molar-refractivity contribution in [2.45, 2.75) is 20.0 Å². The highest BCUT2D eigenvalue weighted by Crippen LogP contribution is 2.17. The second-order valence-electron chi connectivity index (χ2n) is 4.89. The van der Waals surface area contributed by atoms with Gasteiger partial charge >= 0.3 is 10.1 Å². The zero-order valence-corrected chi connectivity index (χ0v) is 13.2. The number of rotatable bonds is 6. The van der Waals surface area contributed by atoms with Crippen molar-refractivity contribution in [3.63, 3.8) is 0 Å². The summed E-state index contributed by atoms with van der Waals surface area (Å²) < 4.78 is 32.4. The fourth-order valence-corrected chi connectivity index (χ4v) is 2.41. The van der Waals surface area contributed by atoms with E-state index in [1.165, 1.54) is 6.92 Å². The molecule has 2 aromatic rings. The molecule has 0 saturated carbocycles. The first kappa shape index (κ1) is 16.1. The first-order valence-corrected chi connectivity index (χ1v) is 8.41. The van der Waals surface area contributed by atoms with E-state index in [2.05, 4.69) is 0 Å². The Morgan fingerprint density at radius 2 is 2.00 bits per heavy atom. The number of benzene rings is 1. The van der Waals surface area contributed by atoms with Gasteiger partial charge in [0.15, 0.2) is 0 Å². The minimum Gasteiger partial charge on any atom is -0.467 e. The molecule has 118 valence electrons. The highest BCUT2D eigenvalue weighted by molar-refractivity contribution is 7.86. The third-order valence-corrected chi connectivity index (χ3v) is 3.39. The predicted molar refractivity (Wildman–Crippen MR) is 80.5 cm³/mol. The van der Waals surface area contributed by atoms with Crippen LogP contribution < -0.4 is 4.18 Å². The fraction of sp³-hybridized carbons (Fsp3) is 0.267. The third kappa shape index (κ3) is 4.92. The van der Waals surface area contributed by atoms with Crippen molar-refractivity contribution in [2.75, 3.05) is 6.26 Å². The Balaban J connectivity index is 2.13. The number of amides is 1. The van der Waals surface area contributed by atoms with Crippen LogP contribution in [-0.2, 0) is 28.0 Å². The maximum Gasteiger partial charge on any atom is 0.306 e. The Morgan fingerprint density at radius 1 is 1.23 bits per heavy atom. The normalized spacial score (nSPS) is 11.2. The summed E-state index contributed by atoms with van der Waals surface area (Å²) in [6.45, 7) is 2.15. The van der Waals surface area contributed by atoms with Crippen molar-refractivity contribution in [3.8, 4) is 5.75 Å². The smallest absolute Gasteiger partial charge is 0.306 e. The average molecular weight is 323 g/mol. The highest BCUT2D eigenvalue weighted by Gasteiger charge is 2.13. The van der Waals surface area contributed by atoms with Gasteiger partial charge in [-0.2, -0.15) is 8.42 Å². The molecule has 6 nitrogen and oxygen atoms in total. The third-order valence-electron chi connectivity index (χ3n) is 2.89. The molecule has 2 rings (SSSR count). The topological polar surface area (TPSA) is 76.8 Å². The number of hydrogen-bond donors (Lipinski definition) is 0. The molecule has 1 aromatic heterocycles. The van der Waals surface area contributed by atoms with Crippen molar-refractivity contribution in [2.24, 2.45) is 0 Å². The van der Waals surface area contributed by atoms with Gasteiger partial charge in [0, 0.05) is 13.5 Å². The summed E-state index contributed by atoms with van der Waals surface area (Å²) in [5.41, 5.74) is 0.767. The second kappa shape index (κ2) is 6.65. The Hall–Kier alpha value is -2.28. The van der Waals surface area contributed by atoms with Crippen molar-refractivity contribution in [3.05, 3.63) is 54.0 Å². The van der Waals surface area contributed by atoms with E-state index in [9.17, 15) is 13.2 Å². The van der Waals surface area contributed by atoms with Crippen LogP contribution in [0.1, 0.15) is 18.2 Å². The van der Waals surface area contributed by atoms with Crippen LogP contribution in [0.15, 0.2) is 47.1 Å². The van der Waals surface area contributed by atoms with E-state index in [-0.39, 0.29) is 11.7 Å². The van der Waals surface area contributed by atoms with Crippen LogP contribution in [0.3, 0.4) is 0 Å². The van der Waals surface area contributed by atoms with Gasteiger partial charge in [-0.15, -0.1) is 0 Å². The quantitative estimate of drug-likeness (QED) is 0.761. The lowest BCUT2D eigenvalue weighted by Crippen LogP contribution is -2.27. The lowest BCUT2D eigenvalue weighted by atomic mass is 10.2. The van der Waals surface area contributed by atoms with Gasteiger partial charge in [0.2, 0.25) is 5.91 Å². The van der Waals surface area contributed by atoms with Gasteiger partial charge in [-0.25, -0.2) is 0 Å². The molecular formula is C15H17NO5S. The van der Waals surface area contributed by atoms with Crippen molar-refractivity contribution < 1.29 is 21.8 Å². The molecule has 0 bridgehead atoms. The molecule has 7 heteroatoms. The molecule has 0 radical (unpaired) electrons. The maximum atomic E-state index is 11.7. The molecule has 0 aliphatic rings. The van der Waals surface area contributed by atoms with Gasteiger partial charge in [0.05, 0.1) is 19.1 Å². The first-order valence-electron chi connectivity index (χ1n) is 6.60. The summed E-state index contributed by atoms with van der Waals surface area (Å²) in [7, 11) is -3.58. The Labute approximate surface area is 129 Å².